The van der Waals surface area contributed by atoms with Gasteiger partial charge in [0, 0.05) is 27.9 Å². The van der Waals surface area contributed by atoms with Crippen LogP contribution in [0.25, 0.3) is 0 Å². The van der Waals surface area contributed by atoms with Crippen LogP contribution in [0, 0.1) is 3.57 Å². The lowest BCUT2D eigenvalue weighted by atomic mass is 10.2. The molecule has 0 aliphatic carbocycles. The Morgan fingerprint density at radius 1 is 1.33 bits per heavy atom. The van der Waals surface area contributed by atoms with Crippen molar-refractivity contribution in [1.82, 2.24) is 9.97 Å². The normalized spacial score (nSPS) is 12.6. The summed E-state index contributed by atoms with van der Waals surface area (Å²) in [6.45, 7) is 1.15. The molecule has 1 heterocycles. The van der Waals surface area contributed by atoms with Gasteiger partial charge in [-0.15, -0.1) is 0 Å². The molecule has 0 aliphatic rings. The highest BCUT2D eigenvalue weighted by atomic mass is 127. The molecule has 0 radical (unpaired) electrons. The van der Waals surface area contributed by atoms with Crippen LogP contribution in [0.3, 0.4) is 0 Å². The molecule has 1 aromatic carbocycles. The second-order valence-corrected chi connectivity index (χ2v) is 5.43. The Labute approximate surface area is 120 Å². The van der Waals surface area contributed by atoms with Crippen LogP contribution in [0.15, 0.2) is 36.8 Å². The van der Waals surface area contributed by atoms with Crippen molar-refractivity contribution < 1.29 is 4.74 Å². The minimum Gasteiger partial charge on any atom is -0.375 e. The fourth-order valence-electron chi connectivity index (χ4n) is 1.65. The molecule has 0 aliphatic heterocycles. The van der Waals surface area contributed by atoms with Gasteiger partial charge in [0.25, 0.3) is 0 Å². The van der Waals surface area contributed by atoms with Crippen molar-refractivity contribution in [2.45, 2.75) is 19.1 Å². The smallest absolute Gasteiger partial charge is 0.0921 e. The summed E-state index contributed by atoms with van der Waals surface area (Å²) in [5, 5.41) is 0. The molecule has 0 bridgehead atoms. The monoisotopic (exact) mass is 357 g/mol. The SMILES string of the molecule is N[C@H](COCc1ccc(I)cc1)Cc1cnc[nH]1. The Morgan fingerprint density at radius 2 is 2.11 bits per heavy atom. The van der Waals surface area contributed by atoms with Crippen LogP contribution < -0.4 is 5.73 Å². The number of hydrogen-bond acceptors (Lipinski definition) is 3. The Kier molecular flexibility index (Phi) is 5.15. The summed E-state index contributed by atoms with van der Waals surface area (Å²) in [4.78, 5) is 6.99. The second kappa shape index (κ2) is 6.86. The number of nitrogens with zero attached hydrogens (tertiary/aromatic N) is 1. The van der Waals surface area contributed by atoms with Crippen LogP contribution in [0.1, 0.15) is 11.3 Å². The molecule has 18 heavy (non-hydrogen) atoms. The maximum atomic E-state index is 5.98. The van der Waals surface area contributed by atoms with Crippen LogP contribution in [0.5, 0.6) is 0 Å². The molecular weight excluding hydrogens is 341 g/mol. The lowest BCUT2D eigenvalue weighted by Gasteiger charge is -2.11. The quantitative estimate of drug-likeness (QED) is 0.779. The van der Waals surface area contributed by atoms with E-state index in [0.717, 1.165) is 12.1 Å². The molecule has 96 valence electrons. The predicted molar refractivity (Wildman–Crippen MR) is 79.1 cm³/mol. The number of H-pyrrole nitrogens is 1. The van der Waals surface area contributed by atoms with Crippen molar-refractivity contribution in [3.63, 3.8) is 0 Å². The molecule has 0 spiro atoms. The van der Waals surface area contributed by atoms with Gasteiger partial charge in [-0.25, -0.2) is 4.98 Å². The minimum absolute atomic E-state index is 0.00528. The van der Waals surface area contributed by atoms with E-state index in [2.05, 4.69) is 56.8 Å². The summed E-state index contributed by atoms with van der Waals surface area (Å²) in [6.07, 6.45) is 4.21. The van der Waals surface area contributed by atoms with E-state index in [1.165, 1.54) is 9.13 Å². The Hall–Kier alpha value is -0.920. The predicted octanol–water partition coefficient (Wildman–Crippen LogP) is 2.10. The summed E-state index contributed by atoms with van der Waals surface area (Å²) in [7, 11) is 0. The van der Waals surface area contributed by atoms with Gasteiger partial charge in [0.2, 0.25) is 0 Å². The molecule has 2 rings (SSSR count). The highest BCUT2D eigenvalue weighted by Crippen LogP contribution is 2.08. The van der Waals surface area contributed by atoms with E-state index in [9.17, 15) is 0 Å². The lowest BCUT2D eigenvalue weighted by molar-refractivity contribution is 0.107. The summed E-state index contributed by atoms with van der Waals surface area (Å²) >= 11 is 2.29. The van der Waals surface area contributed by atoms with Crippen molar-refractivity contribution in [1.29, 1.82) is 0 Å². The second-order valence-electron chi connectivity index (χ2n) is 4.18. The molecule has 0 saturated carbocycles. The summed E-state index contributed by atoms with van der Waals surface area (Å²) in [6, 6.07) is 8.28. The summed E-state index contributed by atoms with van der Waals surface area (Å²) < 4.78 is 6.84. The third-order valence-corrected chi connectivity index (χ3v) is 3.27. The van der Waals surface area contributed by atoms with E-state index < -0.39 is 0 Å². The first-order valence-corrected chi connectivity index (χ1v) is 6.87. The van der Waals surface area contributed by atoms with Crippen molar-refractivity contribution in [2.24, 2.45) is 5.73 Å². The first-order valence-electron chi connectivity index (χ1n) is 5.79. The van der Waals surface area contributed by atoms with Crippen LogP contribution in [-0.4, -0.2) is 22.6 Å². The van der Waals surface area contributed by atoms with Gasteiger partial charge in [0.1, 0.15) is 0 Å². The maximum absolute atomic E-state index is 5.98. The topological polar surface area (TPSA) is 63.9 Å². The van der Waals surface area contributed by atoms with E-state index in [1.807, 2.05) is 0 Å². The van der Waals surface area contributed by atoms with E-state index in [1.54, 1.807) is 12.5 Å². The molecule has 3 N–H and O–H groups in total. The molecule has 1 aromatic heterocycles. The number of aromatic amines is 1. The standard InChI is InChI=1S/C13H16IN3O/c14-11-3-1-10(2-4-11)7-18-8-12(15)5-13-6-16-9-17-13/h1-4,6,9,12H,5,7-8,15H2,(H,16,17)/t12-/m0/s1. The number of rotatable bonds is 6. The molecule has 0 fully saturated rings. The number of imidazole rings is 1. The number of ether oxygens (including phenoxy) is 1. The fourth-order valence-corrected chi connectivity index (χ4v) is 2.01. The number of hydrogen-bond donors (Lipinski definition) is 2. The Morgan fingerprint density at radius 3 is 2.78 bits per heavy atom. The third-order valence-electron chi connectivity index (χ3n) is 2.55. The maximum Gasteiger partial charge on any atom is 0.0921 e. The van der Waals surface area contributed by atoms with Gasteiger partial charge in [-0.3, -0.25) is 0 Å². The zero-order chi connectivity index (χ0) is 12.8. The average molecular weight is 357 g/mol. The van der Waals surface area contributed by atoms with Crippen molar-refractivity contribution in [3.8, 4) is 0 Å². The van der Waals surface area contributed by atoms with E-state index in [-0.39, 0.29) is 6.04 Å². The van der Waals surface area contributed by atoms with E-state index in [4.69, 9.17) is 10.5 Å². The number of aromatic nitrogens is 2. The first-order chi connectivity index (χ1) is 8.74. The van der Waals surface area contributed by atoms with Gasteiger partial charge >= 0.3 is 0 Å². The van der Waals surface area contributed by atoms with E-state index >= 15 is 0 Å². The van der Waals surface area contributed by atoms with Crippen molar-refractivity contribution in [3.05, 3.63) is 51.6 Å². The molecule has 0 amide bonds. The number of halogens is 1. The van der Waals surface area contributed by atoms with Crippen LogP contribution in [0.4, 0.5) is 0 Å². The first kappa shape index (κ1) is 13.5. The number of benzene rings is 1. The molecule has 0 saturated heterocycles. The molecule has 1 atom stereocenters. The Balaban J connectivity index is 1.70. The zero-order valence-corrected chi connectivity index (χ0v) is 12.1. The molecule has 2 aromatic rings. The number of nitrogens with one attached hydrogen (secondary N) is 1. The summed E-state index contributed by atoms with van der Waals surface area (Å²) in [5.41, 5.74) is 8.19. The largest absolute Gasteiger partial charge is 0.375 e. The Bertz CT molecular complexity index is 456. The average Bonchev–Trinajstić information content (AvgIpc) is 2.84. The third kappa shape index (κ3) is 4.40. The van der Waals surface area contributed by atoms with Gasteiger partial charge in [-0.05, 0) is 40.3 Å². The fraction of sp³-hybridized carbons (Fsp3) is 0.308. The van der Waals surface area contributed by atoms with Crippen molar-refractivity contribution in [2.75, 3.05) is 6.61 Å². The van der Waals surface area contributed by atoms with E-state index in [0.29, 0.717) is 13.2 Å². The molecule has 4 nitrogen and oxygen atoms in total. The minimum atomic E-state index is -0.00528. The molecular formula is C13H16IN3O. The highest BCUT2D eigenvalue weighted by molar-refractivity contribution is 14.1. The summed E-state index contributed by atoms with van der Waals surface area (Å²) in [5.74, 6) is 0. The number of nitrogens with two attached hydrogens (primary N) is 1. The molecule has 0 unspecified atom stereocenters. The molecule has 5 heteroatoms. The lowest BCUT2D eigenvalue weighted by Crippen LogP contribution is -2.28. The van der Waals surface area contributed by atoms with Crippen LogP contribution >= 0.6 is 22.6 Å². The van der Waals surface area contributed by atoms with Gasteiger partial charge in [-0.1, -0.05) is 12.1 Å². The van der Waals surface area contributed by atoms with Crippen LogP contribution in [-0.2, 0) is 17.8 Å². The zero-order valence-electron chi connectivity index (χ0n) is 9.97. The van der Waals surface area contributed by atoms with Gasteiger partial charge in [0.05, 0.1) is 19.5 Å². The van der Waals surface area contributed by atoms with Gasteiger partial charge < -0.3 is 15.5 Å². The van der Waals surface area contributed by atoms with Crippen molar-refractivity contribution >= 4 is 22.6 Å². The van der Waals surface area contributed by atoms with Gasteiger partial charge in [-0.2, -0.15) is 0 Å². The highest BCUT2D eigenvalue weighted by Gasteiger charge is 2.05. The van der Waals surface area contributed by atoms with Gasteiger partial charge in [0.15, 0.2) is 0 Å². The van der Waals surface area contributed by atoms with Crippen LogP contribution in [0.2, 0.25) is 0 Å².